The fraction of sp³-hybridized carbons (Fsp3) is 0.304. The number of rotatable bonds is 6. The SMILES string of the molecule is COC(=O)c1ccc(N2CCCC2)c(NC(=O)CCn2[nH]c(=O)c3ccccc3c2=O)c1. The maximum Gasteiger partial charge on any atom is 0.337 e. The lowest BCUT2D eigenvalue weighted by Gasteiger charge is -2.22. The number of anilines is 2. The summed E-state index contributed by atoms with van der Waals surface area (Å²) in [5.74, 6) is -0.831. The van der Waals surface area contributed by atoms with Gasteiger partial charge in [-0.05, 0) is 43.2 Å². The number of aromatic amines is 1. The van der Waals surface area contributed by atoms with Crippen LogP contribution in [0.25, 0.3) is 10.8 Å². The van der Waals surface area contributed by atoms with Crippen LogP contribution in [0.15, 0.2) is 52.1 Å². The van der Waals surface area contributed by atoms with E-state index in [0.29, 0.717) is 22.0 Å². The summed E-state index contributed by atoms with van der Waals surface area (Å²) < 4.78 is 5.94. The van der Waals surface area contributed by atoms with Gasteiger partial charge in [-0.1, -0.05) is 12.1 Å². The second-order valence-electron chi connectivity index (χ2n) is 7.66. The van der Waals surface area contributed by atoms with Crippen molar-refractivity contribution in [1.82, 2.24) is 9.78 Å². The molecule has 4 rings (SSSR count). The number of amides is 1. The molecule has 0 unspecified atom stereocenters. The molecule has 1 fully saturated rings. The Balaban J connectivity index is 1.54. The van der Waals surface area contributed by atoms with Crippen molar-refractivity contribution in [3.63, 3.8) is 0 Å². The molecule has 1 aromatic heterocycles. The number of benzene rings is 2. The molecule has 0 atom stereocenters. The number of methoxy groups -OCH3 is 1. The fourth-order valence-electron chi connectivity index (χ4n) is 3.94. The van der Waals surface area contributed by atoms with E-state index in [4.69, 9.17) is 4.74 Å². The van der Waals surface area contributed by atoms with Crippen molar-refractivity contribution >= 4 is 34.0 Å². The fourth-order valence-corrected chi connectivity index (χ4v) is 3.94. The van der Waals surface area contributed by atoms with Gasteiger partial charge in [-0.3, -0.25) is 19.5 Å². The van der Waals surface area contributed by atoms with Crippen molar-refractivity contribution in [3.05, 3.63) is 68.7 Å². The smallest absolute Gasteiger partial charge is 0.337 e. The highest BCUT2D eigenvalue weighted by Gasteiger charge is 2.19. The summed E-state index contributed by atoms with van der Waals surface area (Å²) in [6.07, 6.45) is 2.09. The Morgan fingerprint density at radius 2 is 1.78 bits per heavy atom. The lowest BCUT2D eigenvalue weighted by Crippen LogP contribution is -2.31. The average molecular weight is 436 g/mol. The number of aromatic nitrogens is 2. The summed E-state index contributed by atoms with van der Waals surface area (Å²) in [5, 5.41) is 5.99. The minimum absolute atomic E-state index is 0.0144. The van der Waals surface area contributed by atoms with Crippen LogP contribution in [0.2, 0.25) is 0 Å². The standard InChI is InChI=1S/C23H24N4O5/c1-32-23(31)15-8-9-19(26-11-4-5-12-26)18(14-15)24-20(28)10-13-27-22(30)17-7-3-2-6-16(17)21(29)25-27/h2-3,6-9,14H,4-5,10-13H2,1H3,(H,24,28)(H,25,29). The van der Waals surface area contributed by atoms with Crippen molar-refractivity contribution in [2.24, 2.45) is 0 Å². The Labute approximate surface area is 183 Å². The predicted molar refractivity (Wildman–Crippen MR) is 121 cm³/mol. The molecule has 1 amide bonds. The van der Waals surface area contributed by atoms with E-state index in [9.17, 15) is 19.2 Å². The van der Waals surface area contributed by atoms with Crippen molar-refractivity contribution in [3.8, 4) is 0 Å². The molecule has 0 saturated carbocycles. The quantitative estimate of drug-likeness (QED) is 0.572. The molecule has 1 aliphatic heterocycles. The average Bonchev–Trinajstić information content (AvgIpc) is 3.34. The molecule has 1 aliphatic rings. The highest BCUT2D eigenvalue weighted by molar-refractivity contribution is 5.98. The number of nitrogens with zero attached hydrogens (tertiary/aromatic N) is 2. The zero-order chi connectivity index (χ0) is 22.7. The molecule has 2 heterocycles. The van der Waals surface area contributed by atoms with E-state index in [-0.39, 0.29) is 30.0 Å². The van der Waals surface area contributed by atoms with Crippen LogP contribution in [0.1, 0.15) is 29.6 Å². The lowest BCUT2D eigenvalue weighted by atomic mass is 10.1. The normalized spacial score (nSPS) is 13.3. The van der Waals surface area contributed by atoms with Crippen LogP contribution in [-0.4, -0.2) is 41.9 Å². The summed E-state index contributed by atoms with van der Waals surface area (Å²) in [6.45, 7) is 1.75. The van der Waals surface area contributed by atoms with Gasteiger partial charge in [0.1, 0.15) is 0 Å². The molecule has 9 heteroatoms. The number of hydrogen-bond donors (Lipinski definition) is 2. The van der Waals surface area contributed by atoms with Crippen molar-refractivity contribution in [2.75, 3.05) is 30.4 Å². The Bertz CT molecular complexity index is 1290. The molecular formula is C23H24N4O5. The van der Waals surface area contributed by atoms with Crippen LogP contribution >= 0.6 is 0 Å². The summed E-state index contributed by atoms with van der Waals surface area (Å²) in [7, 11) is 1.30. The Kier molecular flexibility index (Phi) is 6.07. The molecule has 0 radical (unpaired) electrons. The van der Waals surface area contributed by atoms with Crippen molar-refractivity contribution in [1.29, 1.82) is 0 Å². The van der Waals surface area contributed by atoms with E-state index in [1.807, 2.05) is 0 Å². The van der Waals surface area contributed by atoms with Crippen LogP contribution in [0.4, 0.5) is 11.4 Å². The number of carbonyl (C=O) groups excluding carboxylic acids is 2. The van der Waals surface area contributed by atoms with Gasteiger partial charge in [0.05, 0.1) is 41.4 Å². The number of ether oxygens (including phenoxy) is 1. The first kappa shape index (κ1) is 21.4. The van der Waals surface area contributed by atoms with Gasteiger partial charge in [-0.15, -0.1) is 0 Å². The van der Waals surface area contributed by atoms with E-state index in [1.54, 1.807) is 42.5 Å². The summed E-state index contributed by atoms with van der Waals surface area (Å²) in [6, 6.07) is 11.6. The van der Waals surface area contributed by atoms with Gasteiger partial charge in [0.15, 0.2) is 0 Å². The maximum absolute atomic E-state index is 12.7. The summed E-state index contributed by atoms with van der Waals surface area (Å²) >= 11 is 0. The van der Waals surface area contributed by atoms with Gasteiger partial charge in [0.2, 0.25) is 5.91 Å². The molecule has 32 heavy (non-hydrogen) atoms. The zero-order valence-electron chi connectivity index (χ0n) is 17.7. The Morgan fingerprint density at radius 1 is 1.06 bits per heavy atom. The largest absolute Gasteiger partial charge is 0.465 e. The van der Waals surface area contributed by atoms with Gasteiger partial charge >= 0.3 is 5.97 Å². The minimum atomic E-state index is -0.492. The predicted octanol–water partition coefficient (Wildman–Crippen LogP) is 2.11. The van der Waals surface area contributed by atoms with E-state index < -0.39 is 5.97 Å². The second kappa shape index (κ2) is 9.09. The zero-order valence-corrected chi connectivity index (χ0v) is 17.7. The van der Waals surface area contributed by atoms with E-state index in [0.717, 1.165) is 36.3 Å². The highest BCUT2D eigenvalue weighted by Crippen LogP contribution is 2.30. The van der Waals surface area contributed by atoms with Gasteiger partial charge in [-0.25, -0.2) is 9.48 Å². The molecule has 1 saturated heterocycles. The molecule has 9 nitrogen and oxygen atoms in total. The summed E-state index contributed by atoms with van der Waals surface area (Å²) in [5.41, 5.74) is 0.931. The van der Waals surface area contributed by atoms with Gasteiger partial charge in [0, 0.05) is 19.5 Å². The topological polar surface area (TPSA) is 114 Å². The number of aryl methyl sites for hydroxylation is 1. The molecule has 0 aliphatic carbocycles. The third kappa shape index (κ3) is 4.27. The van der Waals surface area contributed by atoms with Crippen molar-refractivity contribution in [2.45, 2.75) is 25.8 Å². The van der Waals surface area contributed by atoms with Crippen molar-refractivity contribution < 1.29 is 14.3 Å². The van der Waals surface area contributed by atoms with Crippen LogP contribution in [0.3, 0.4) is 0 Å². The highest BCUT2D eigenvalue weighted by atomic mass is 16.5. The molecule has 2 aromatic carbocycles. The number of H-pyrrole nitrogens is 1. The van der Waals surface area contributed by atoms with Crippen LogP contribution in [-0.2, 0) is 16.1 Å². The first-order valence-electron chi connectivity index (χ1n) is 10.5. The van der Waals surface area contributed by atoms with Crippen LogP contribution in [0, 0.1) is 0 Å². The van der Waals surface area contributed by atoms with Crippen LogP contribution < -0.4 is 21.3 Å². The maximum atomic E-state index is 12.7. The molecule has 3 aromatic rings. The molecule has 0 bridgehead atoms. The number of fused-ring (bicyclic) bond motifs is 1. The third-order valence-electron chi connectivity index (χ3n) is 5.58. The van der Waals surface area contributed by atoms with E-state index >= 15 is 0 Å². The monoisotopic (exact) mass is 436 g/mol. The van der Waals surface area contributed by atoms with Gasteiger partial charge in [0.25, 0.3) is 11.1 Å². The number of esters is 1. The number of hydrogen-bond acceptors (Lipinski definition) is 6. The molecule has 0 spiro atoms. The Hall–Kier alpha value is -3.88. The number of carbonyl (C=O) groups is 2. The second-order valence-corrected chi connectivity index (χ2v) is 7.66. The number of nitrogens with one attached hydrogen (secondary N) is 2. The molecular weight excluding hydrogens is 412 g/mol. The summed E-state index contributed by atoms with van der Waals surface area (Å²) in [4.78, 5) is 51.7. The van der Waals surface area contributed by atoms with E-state index in [2.05, 4.69) is 15.3 Å². The molecule has 2 N–H and O–H groups in total. The van der Waals surface area contributed by atoms with Crippen LogP contribution in [0.5, 0.6) is 0 Å². The lowest BCUT2D eigenvalue weighted by molar-refractivity contribution is -0.116. The Morgan fingerprint density at radius 3 is 2.50 bits per heavy atom. The van der Waals surface area contributed by atoms with Gasteiger partial charge in [-0.2, -0.15) is 0 Å². The van der Waals surface area contributed by atoms with E-state index in [1.165, 1.54) is 7.11 Å². The molecule has 166 valence electrons. The first-order valence-corrected chi connectivity index (χ1v) is 10.5. The van der Waals surface area contributed by atoms with Gasteiger partial charge < -0.3 is 15.0 Å². The third-order valence-corrected chi connectivity index (χ3v) is 5.58. The minimum Gasteiger partial charge on any atom is -0.465 e. The first-order chi connectivity index (χ1) is 15.5.